The molecule has 174 valence electrons. The van der Waals surface area contributed by atoms with E-state index in [2.05, 4.69) is 26.6 Å². The van der Waals surface area contributed by atoms with Crippen LogP contribution in [0.15, 0.2) is 59.1 Å². The van der Waals surface area contributed by atoms with Crippen LogP contribution in [0.5, 0.6) is 11.5 Å². The Kier molecular flexibility index (Phi) is 8.89. The predicted molar refractivity (Wildman–Crippen MR) is 139 cm³/mol. The summed E-state index contributed by atoms with van der Waals surface area (Å²) >= 11 is 16.1. The van der Waals surface area contributed by atoms with E-state index in [1.54, 1.807) is 25.3 Å². The molecule has 1 amide bonds. The minimum atomic E-state index is -0.0660. The van der Waals surface area contributed by atoms with Gasteiger partial charge in [-0.2, -0.15) is 0 Å². The molecule has 33 heavy (non-hydrogen) atoms. The van der Waals surface area contributed by atoms with Crippen LogP contribution in [-0.2, 0) is 17.9 Å². The fourth-order valence-corrected chi connectivity index (χ4v) is 3.93. The zero-order valence-electron chi connectivity index (χ0n) is 18.5. The number of ether oxygens (including phenoxy) is 2. The average molecular weight is 552 g/mol. The molecule has 0 heterocycles. The van der Waals surface area contributed by atoms with Gasteiger partial charge in [-0.25, -0.2) is 0 Å². The Morgan fingerprint density at radius 1 is 1.00 bits per heavy atom. The first kappa shape index (κ1) is 25.2. The summed E-state index contributed by atoms with van der Waals surface area (Å²) < 4.78 is 12.4. The van der Waals surface area contributed by atoms with Crippen molar-refractivity contribution in [1.29, 1.82) is 0 Å². The van der Waals surface area contributed by atoms with Crippen LogP contribution in [0.3, 0.4) is 0 Å². The highest BCUT2D eigenvalue weighted by Crippen LogP contribution is 2.35. The van der Waals surface area contributed by atoms with Gasteiger partial charge in [-0.15, -0.1) is 0 Å². The lowest BCUT2D eigenvalue weighted by Gasteiger charge is -2.16. The lowest BCUT2D eigenvalue weighted by atomic mass is 10.1. The molecule has 5 nitrogen and oxygen atoms in total. The predicted octanol–water partition coefficient (Wildman–Crippen LogP) is 7.55. The first-order chi connectivity index (χ1) is 15.8. The van der Waals surface area contributed by atoms with Gasteiger partial charge in [-0.3, -0.25) is 4.79 Å². The molecule has 2 N–H and O–H groups in total. The first-order valence-corrected chi connectivity index (χ1v) is 11.9. The summed E-state index contributed by atoms with van der Waals surface area (Å²) in [5.41, 5.74) is 3.41. The van der Waals surface area contributed by atoms with Crippen molar-refractivity contribution >= 4 is 56.4 Å². The van der Waals surface area contributed by atoms with Crippen LogP contribution < -0.4 is 20.1 Å². The number of methoxy groups -OCH3 is 1. The topological polar surface area (TPSA) is 59.6 Å². The number of hydrogen-bond donors (Lipinski definition) is 2. The SMILES string of the molecule is COc1cc(CNc2ccc(NC(=O)C(C)C)cc2)c(Br)cc1OCc1c(Cl)cccc1Cl. The number of amides is 1. The fourth-order valence-electron chi connectivity index (χ4n) is 2.96. The smallest absolute Gasteiger partial charge is 0.226 e. The van der Waals surface area contributed by atoms with Gasteiger partial charge in [0.15, 0.2) is 11.5 Å². The highest BCUT2D eigenvalue weighted by molar-refractivity contribution is 9.10. The summed E-state index contributed by atoms with van der Waals surface area (Å²) in [7, 11) is 1.60. The third-order valence-electron chi connectivity index (χ3n) is 4.93. The molecule has 0 unspecified atom stereocenters. The fraction of sp³-hybridized carbons (Fsp3) is 0.240. The lowest BCUT2D eigenvalue weighted by molar-refractivity contribution is -0.118. The van der Waals surface area contributed by atoms with Gasteiger partial charge >= 0.3 is 0 Å². The standard InChI is InChI=1S/C25H25BrCl2N2O3/c1-15(2)25(31)30-18-9-7-17(8-10-18)29-13-16-11-23(32-3)24(12-20(16)26)33-14-19-21(27)5-4-6-22(19)28/h4-12,15,29H,13-14H2,1-3H3,(H,30,31). The number of carbonyl (C=O) groups is 1. The monoisotopic (exact) mass is 550 g/mol. The molecule has 0 saturated carbocycles. The Bertz CT molecular complexity index is 1100. The molecular formula is C25H25BrCl2N2O3. The van der Waals surface area contributed by atoms with Gasteiger partial charge in [0, 0.05) is 43.9 Å². The highest BCUT2D eigenvalue weighted by Gasteiger charge is 2.13. The summed E-state index contributed by atoms with van der Waals surface area (Å²) in [4.78, 5) is 11.8. The van der Waals surface area contributed by atoms with Crippen LogP contribution in [0.4, 0.5) is 11.4 Å². The van der Waals surface area contributed by atoms with Gasteiger partial charge in [-0.1, -0.05) is 59.0 Å². The van der Waals surface area contributed by atoms with Crippen LogP contribution >= 0.6 is 39.1 Å². The number of hydrogen-bond acceptors (Lipinski definition) is 4. The maximum Gasteiger partial charge on any atom is 0.226 e. The summed E-state index contributed by atoms with van der Waals surface area (Å²) in [6, 6.07) is 16.7. The van der Waals surface area contributed by atoms with E-state index in [0.29, 0.717) is 28.1 Å². The van der Waals surface area contributed by atoms with E-state index in [-0.39, 0.29) is 18.4 Å². The maximum atomic E-state index is 11.8. The number of anilines is 2. The summed E-state index contributed by atoms with van der Waals surface area (Å²) in [6.45, 7) is 4.50. The Morgan fingerprint density at radius 2 is 1.64 bits per heavy atom. The van der Waals surface area contributed by atoms with Crippen LogP contribution in [0.25, 0.3) is 0 Å². The average Bonchev–Trinajstić information content (AvgIpc) is 2.79. The number of rotatable bonds is 9. The molecule has 0 radical (unpaired) electrons. The minimum Gasteiger partial charge on any atom is -0.493 e. The molecule has 3 rings (SSSR count). The van der Waals surface area contributed by atoms with E-state index < -0.39 is 0 Å². The van der Waals surface area contributed by atoms with Crippen LogP contribution in [0.1, 0.15) is 25.0 Å². The van der Waals surface area contributed by atoms with Gasteiger partial charge in [0.05, 0.1) is 7.11 Å². The molecule has 0 bridgehead atoms. The van der Waals surface area contributed by atoms with Crippen molar-refractivity contribution in [1.82, 2.24) is 0 Å². The first-order valence-electron chi connectivity index (χ1n) is 10.4. The number of benzene rings is 3. The van der Waals surface area contributed by atoms with Crippen molar-refractivity contribution in [2.24, 2.45) is 5.92 Å². The number of halogens is 3. The Hall–Kier alpha value is -2.41. The second-order valence-corrected chi connectivity index (χ2v) is 9.33. The van der Waals surface area contributed by atoms with Crippen LogP contribution in [0.2, 0.25) is 10.0 Å². The van der Waals surface area contributed by atoms with E-state index in [4.69, 9.17) is 32.7 Å². The van der Waals surface area contributed by atoms with Crippen molar-refractivity contribution in [2.75, 3.05) is 17.7 Å². The van der Waals surface area contributed by atoms with Gasteiger partial charge < -0.3 is 20.1 Å². The van der Waals surface area contributed by atoms with E-state index in [1.807, 2.05) is 50.2 Å². The molecular weight excluding hydrogens is 527 g/mol. The van der Waals surface area contributed by atoms with Gasteiger partial charge in [-0.05, 0) is 54.1 Å². The molecule has 0 aliphatic carbocycles. The molecule has 0 fully saturated rings. The van der Waals surface area contributed by atoms with Crippen molar-refractivity contribution in [3.8, 4) is 11.5 Å². The molecule has 3 aromatic carbocycles. The van der Waals surface area contributed by atoms with Crippen molar-refractivity contribution < 1.29 is 14.3 Å². The summed E-state index contributed by atoms with van der Waals surface area (Å²) in [6.07, 6.45) is 0. The van der Waals surface area contributed by atoms with Gasteiger partial charge in [0.1, 0.15) is 6.61 Å². The Balaban J connectivity index is 1.66. The minimum absolute atomic E-state index is 0.00847. The van der Waals surface area contributed by atoms with E-state index in [1.165, 1.54) is 0 Å². The second-order valence-electron chi connectivity index (χ2n) is 7.66. The summed E-state index contributed by atoms with van der Waals surface area (Å²) in [5.74, 6) is 1.11. The quantitative estimate of drug-likeness (QED) is 0.288. The van der Waals surface area contributed by atoms with E-state index in [9.17, 15) is 4.79 Å². The van der Waals surface area contributed by atoms with Crippen LogP contribution in [-0.4, -0.2) is 13.0 Å². The van der Waals surface area contributed by atoms with Crippen molar-refractivity contribution in [2.45, 2.75) is 27.0 Å². The molecule has 0 aromatic heterocycles. The Labute approximate surface area is 212 Å². The zero-order chi connectivity index (χ0) is 24.0. The number of nitrogens with one attached hydrogen (secondary N) is 2. The molecule has 8 heteroatoms. The molecule has 0 aliphatic rings. The third kappa shape index (κ3) is 6.79. The second kappa shape index (κ2) is 11.6. The van der Waals surface area contributed by atoms with Crippen molar-refractivity contribution in [3.63, 3.8) is 0 Å². The van der Waals surface area contributed by atoms with Crippen molar-refractivity contribution in [3.05, 3.63) is 80.2 Å². The lowest BCUT2D eigenvalue weighted by Crippen LogP contribution is -2.17. The van der Waals surface area contributed by atoms with E-state index in [0.717, 1.165) is 27.0 Å². The van der Waals surface area contributed by atoms with Gasteiger partial charge in [0.25, 0.3) is 0 Å². The Morgan fingerprint density at radius 3 is 2.24 bits per heavy atom. The normalized spacial score (nSPS) is 10.8. The van der Waals surface area contributed by atoms with Gasteiger partial charge in [0.2, 0.25) is 5.91 Å². The highest BCUT2D eigenvalue weighted by atomic mass is 79.9. The largest absolute Gasteiger partial charge is 0.493 e. The summed E-state index contributed by atoms with van der Waals surface area (Å²) in [5, 5.41) is 7.36. The molecule has 3 aromatic rings. The molecule has 0 spiro atoms. The van der Waals surface area contributed by atoms with E-state index >= 15 is 0 Å². The molecule has 0 atom stereocenters. The third-order valence-corrected chi connectivity index (χ3v) is 6.37. The molecule has 0 aliphatic heterocycles. The molecule has 0 saturated heterocycles. The maximum absolute atomic E-state index is 11.8. The zero-order valence-corrected chi connectivity index (χ0v) is 21.6. The van der Waals surface area contributed by atoms with Crippen LogP contribution in [0, 0.1) is 5.92 Å². The number of carbonyl (C=O) groups excluding carboxylic acids is 1.